The van der Waals surface area contributed by atoms with E-state index in [0.717, 1.165) is 25.1 Å². The molecule has 2 heteroatoms. The van der Waals surface area contributed by atoms with Crippen LogP contribution in [0.15, 0.2) is 18.2 Å². The Morgan fingerprint density at radius 3 is 2.81 bits per heavy atom. The van der Waals surface area contributed by atoms with Gasteiger partial charge in [-0.3, -0.25) is 0 Å². The van der Waals surface area contributed by atoms with Crippen LogP contribution >= 0.6 is 0 Å². The zero-order valence-electron chi connectivity index (χ0n) is 10.4. The highest BCUT2D eigenvalue weighted by atomic mass is 16.5. The molecule has 0 saturated carbocycles. The van der Waals surface area contributed by atoms with Crippen LogP contribution in [0.1, 0.15) is 37.3 Å². The van der Waals surface area contributed by atoms with Crippen LogP contribution in [0.4, 0.5) is 0 Å². The van der Waals surface area contributed by atoms with Gasteiger partial charge in [0.1, 0.15) is 5.75 Å². The van der Waals surface area contributed by atoms with Crippen LogP contribution in [0.5, 0.6) is 5.75 Å². The summed E-state index contributed by atoms with van der Waals surface area (Å²) in [7, 11) is 1.75. The lowest BCUT2D eigenvalue weighted by molar-refractivity contribution is 0.300. The Morgan fingerprint density at radius 1 is 1.44 bits per heavy atom. The van der Waals surface area contributed by atoms with E-state index in [2.05, 4.69) is 32.0 Å². The molecule has 1 aromatic carbocycles. The minimum atomic E-state index is 0.302. The quantitative estimate of drug-likeness (QED) is 0.848. The van der Waals surface area contributed by atoms with Crippen LogP contribution in [0.25, 0.3) is 0 Å². The fourth-order valence-corrected chi connectivity index (χ4v) is 3.00. The van der Waals surface area contributed by atoms with Crippen LogP contribution in [0, 0.1) is 5.41 Å². The molecule has 1 atom stereocenters. The lowest BCUT2D eigenvalue weighted by atomic mass is 9.78. The number of methoxy groups -OCH3 is 1. The third-order valence-corrected chi connectivity index (χ3v) is 3.80. The van der Waals surface area contributed by atoms with Crippen LogP contribution in [-0.2, 0) is 6.42 Å². The van der Waals surface area contributed by atoms with Crippen molar-refractivity contribution >= 4 is 0 Å². The van der Waals surface area contributed by atoms with E-state index in [-0.39, 0.29) is 0 Å². The van der Waals surface area contributed by atoms with Crippen LogP contribution < -0.4 is 10.5 Å². The van der Waals surface area contributed by atoms with Gasteiger partial charge in [-0.15, -0.1) is 0 Å². The Balaban J connectivity index is 2.45. The van der Waals surface area contributed by atoms with Crippen LogP contribution in [0.3, 0.4) is 0 Å². The van der Waals surface area contributed by atoms with Gasteiger partial charge in [0.25, 0.3) is 0 Å². The highest BCUT2D eigenvalue weighted by molar-refractivity contribution is 5.47. The molecule has 0 aliphatic heterocycles. The Hall–Kier alpha value is -1.02. The van der Waals surface area contributed by atoms with Crippen molar-refractivity contribution in [1.82, 2.24) is 0 Å². The molecule has 1 aromatic rings. The van der Waals surface area contributed by atoms with Gasteiger partial charge in [0.05, 0.1) is 7.11 Å². The predicted molar refractivity (Wildman–Crippen MR) is 66.9 cm³/mol. The maximum atomic E-state index is 5.73. The predicted octanol–water partition coefficient (Wildman–Crippen LogP) is 2.71. The largest absolute Gasteiger partial charge is 0.496 e. The molecule has 1 aliphatic carbocycles. The zero-order valence-corrected chi connectivity index (χ0v) is 10.4. The van der Waals surface area contributed by atoms with Crippen molar-refractivity contribution in [2.75, 3.05) is 13.7 Å². The van der Waals surface area contributed by atoms with Gasteiger partial charge in [-0.05, 0) is 47.9 Å². The SMILES string of the molecule is COc1cccc2c1CC(C)(C)C2CCN. The summed E-state index contributed by atoms with van der Waals surface area (Å²) in [5.41, 5.74) is 8.85. The van der Waals surface area contributed by atoms with E-state index in [1.165, 1.54) is 11.1 Å². The molecule has 0 fully saturated rings. The van der Waals surface area contributed by atoms with Gasteiger partial charge in [-0.1, -0.05) is 26.0 Å². The summed E-state index contributed by atoms with van der Waals surface area (Å²) in [4.78, 5) is 0. The topological polar surface area (TPSA) is 35.2 Å². The summed E-state index contributed by atoms with van der Waals surface area (Å²) in [6.45, 7) is 5.41. The fraction of sp³-hybridized carbons (Fsp3) is 0.571. The third kappa shape index (κ3) is 1.71. The first kappa shape index (κ1) is 11.5. The van der Waals surface area contributed by atoms with Crippen molar-refractivity contribution in [2.45, 2.75) is 32.6 Å². The van der Waals surface area contributed by atoms with Crippen molar-refractivity contribution in [2.24, 2.45) is 11.1 Å². The smallest absolute Gasteiger partial charge is 0.122 e. The molecule has 1 unspecified atom stereocenters. The van der Waals surface area contributed by atoms with Crippen molar-refractivity contribution in [3.8, 4) is 5.75 Å². The van der Waals surface area contributed by atoms with E-state index < -0.39 is 0 Å². The monoisotopic (exact) mass is 219 g/mol. The maximum absolute atomic E-state index is 5.73. The van der Waals surface area contributed by atoms with Crippen LogP contribution in [0.2, 0.25) is 0 Å². The second kappa shape index (κ2) is 4.10. The lowest BCUT2D eigenvalue weighted by Gasteiger charge is -2.27. The van der Waals surface area contributed by atoms with Crippen molar-refractivity contribution in [3.05, 3.63) is 29.3 Å². The average Bonchev–Trinajstić information content (AvgIpc) is 2.50. The number of fused-ring (bicyclic) bond motifs is 1. The summed E-state index contributed by atoms with van der Waals surface area (Å²) >= 11 is 0. The van der Waals surface area contributed by atoms with Crippen molar-refractivity contribution < 1.29 is 4.74 Å². The van der Waals surface area contributed by atoms with E-state index in [1.807, 2.05) is 0 Å². The molecule has 0 amide bonds. The Morgan fingerprint density at radius 2 is 2.19 bits per heavy atom. The minimum absolute atomic E-state index is 0.302. The maximum Gasteiger partial charge on any atom is 0.122 e. The molecule has 0 radical (unpaired) electrons. The van der Waals surface area contributed by atoms with Gasteiger partial charge in [-0.25, -0.2) is 0 Å². The van der Waals surface area contributed by atoms with Gasteiger partial charge >= 0.3 is 0 Å². The van der Waals surface area contributed by atoms with E-state index in [1.54, 1.807) is 7.11 Å². The molecular formula is C14H21NO. The number of benzene rings is 1. The highest BCUT2D eigenvalue weighted by Crippen LogP contribution is 2.50. The normalized spacial score (nSPS) is 21.9. The number of hydrogen-bond donors (Lipinski definition) is 1. The molecule has 0 spiro atoms. The molecule has 2 nitrogen and oxygen atoms in total. The first-order chi connectivity index (χ1) is 7.60. The summed E-state index contributed by atoms with van der Waals surface area (Å²) in [5.74, 6) is 1.60. The number of nitrogens with two attached hydrogens (primary N) is 1. The fourth-order valence-electron chi connectivity index (χ4n) is 3.00. The first-order valence-electron chi connectivity index (χ1n) is 5.96. The second-order valence-corrected chi connectivity index (χ2v) is 5.32. The van der Waals surface area contributed by atoms with Crippen molar-refractivity contribution in [1.29, 1.82) is 0 Å². The Kier molecular flexibility index (Phi) is 2.94. The van der Waals surface area contributed by atoms with E-state index in [4.69, 9.17) is 10.5 Å². The average molecular weight is 219 g/mol. The molecule has 88 valence electrons. The highest BCUT2D eigenvalue weighted by Gasteiger charge is 2.39. The molecule has 0 bridgehead atoms. The summed E-state index contributed by atoms with van der Waals surface area (Å²) in [5, 5.41) is 0. The van der Waals surface area contributed by atoms with Crippen LogP contribution in [-0.4, -0.2) is 13.7 Å². The Bertz CT molecular complexity index is 384. The van der Waals surface area contributed by atoms with Gasteiger partial charge in [0.2, 0.25) is 0 Å². The second-order valence-electron chi connectivity index (χ2n) is 5.32. The molecule has 16 heavy (non-hydrogen) atoms. The minimum Gasteiger partial charge on any atom is -0.496 e. The van der Waals surface area contributed by atoms with Crippen molar-refractivity contribution in [3.63, 3.8) is 0 Å². The molecule has 2 rings (SSSR count). The lowest BCUT2D eigenvalue weighted by Crippen LogP contribution is -2.20. The van der Waals surface area contributed by atoms with Gasteiger partial charge < -0.3 is 10.5 Å². The van der Waals surface area contributed by atoms with Gasteiger partial charge in [0.15, 0.2) is 0 Å². The molecule has 0 heterocycles. The van der Waals surface area contributed by atoms with E-state index >= 15 is 0 Å². The first-order valence-corrected chi connectivity index (χ1v) is 5.96. The van der Waals surface area contributed by atoms with E-state index in [0.29, 0.717) is 11.3 Å². The number of rotatable bonds is 3. The van der Waals surface area contributed by atoms with Gasteiger partial charge in [-0.2, -0.15) is 0 Å². The van der Waals surface area contributed by atoms with Gasteiger partial charge in [0, 0.05) is 0 Å². The molecule has 1 aliphatic rings. The summed E-state index contributed by atoms with van der Waals surface area (Å²) in [6, 6.07) is 6.37. The standard InChI is InChI=1S/C14H21NO/c1-14(2)9-11-10(12(14)7-8-15)5-4-6-13(11)16-3/h4-6,12H,7-9,15H2,1-3H3. The molecule has 2 N–H and O–H groups in total. The number of hydrogen-bond acceptors (Lipinski definition) is 2. The third-order valence-electron chi connectivity index (χ3n) is 3.80. The number of ether oxygens (including phenoxy) is 1. The zero-order chi connectivity index (χ0) is 11.8. The molecule has 0 aromatic heterocycles. The molecule has 0 saturated heterocycles. The Labute approximate surface area is 97.8 Å². The summed E-state index contributed by atoms with van der Waals surface area (Å²) < 4.78 is 5.45. The molecular weight excluding hydrogens is 198 g/mol. The van der Waals surface area contributed by atoms with E-state index in [9.17, 15) is 0 Å². The summed E-state index contributed by atoms with van der Waals surface area (Å²) in [6.07, 6.45) is 2.16.